The monoisotopic (exact) mass is 470 g/mol. The number of furan rings is 1. The molecule has 1 fully saturated rings. The minimum atomic E-state index is -3.77. The predicted octanol–water partition coefficient (Wildman–Crippen LogP) is 3.08. The second-order valence-electron chi connectivity index (χ2n) is 7.35. The van der Waals surface area contributed by atoms with E-state index >= 15 is 0 Å². The largest absolute Gasteiger partial charge is 0.459 e. The molecule has 0 saturated carbocycles. The number of aryl methyl sites for hydroxylation is 1. The Morgan fingerprint density at radius 1 is 1.03 bits per heavy atom. The number of sulfonamides is 1. The van der Waals surface area contributed by atoms with Gasteiger partial charge in [-0.1, -0.05) is 12.1 Å². The molecule has 1 amide bonds. The molecule has 1 saturated heterocycles. The van der Waals surface area contributed by atoms with Gasteiger partial charge < -0.3 is 19.2 Å². The van der Waals surface area contributed by atoms with Crippen molar-refractivity contribution in [3.63, 3.8) is 0 Å². The van der Waals surface area contributed by atoms with Crippen molar-refractivity contribution in [2.45, 2.75) is 11.8 Å². The molecule has 1 aliphatic rings. The summed E-state index contributed by atoms with van der Waals surface area (Å²) in [7, 11) is -3.77. The number of carbonyl (C=O) groups is 2. The number of ether oxygens (including phenoxy) is 2. The van der Waals surface area contributed by atoms with E-state index in [-0.39, 0.29) is 35.1 Å². The first-order valence-electron chi connectivity index (χ1n) is 10.2. The van der Waals surface area contributed by atoms with Crippen LogP contribution < -0.4 is 10.1 Å². The van der Waals surface area contributed by atoms with Gasteiger partial charge in [-0.05, 0) is 48.9 Å². The summed E-state index contributed by atoms with van der Waals surface area (Å²) in [6.07, 6.45) is 1.39. The molecule has 4 rings (SSSR count). The molecule has 1 aromatic heterocycles. The molecule has 2 aromatic carbocycles. The number of nitrogens with one attached hydrogen (secondary N) is 1. The van der Waals surface area contributed by atoms with Crippen LogP contribution in [0.1, 0.15) is 26.5 Å². The van der Waals surface area contributed by atoms with Crippen LogP contribution in [0.5, 0.6) is 5.75 Å². The molecule has 0 unspecified atom stereocenters. The Morgan fingerprint density at radius 3 is 2.55 bits per heavy atom. The minimum absolute atomic E-state index is 0.0540. The van der Waals surface area contributed by atoms with Crippen molar-refractivity contribution < 1.29 is 31.9 Å². The standard InChI is InChI=1S/C23H22N2O7S/c1-16-7-8-17(14-21(16)33(28,29)25-9-12-30-13-10-25)23(27)32-19-5-2-4-18(15-19)24-22(26)20-6-3-11-31-20/h2-8,11,14-15H,9-10,12-13H2,1H3,(H,24,26). The number of anilines is 1. The first-order valence-corrected chi connectivity index (χ1v) is 11.6. The summed E-state index contributed by atoms with van der Waals surface area (Å²) in [5, 5.41) is 2.65. The molecule has 1 N–H and O–H groups in total. The van der Waals surface area contributed by atoms with Crippen molar-refractivity contribution in [3.05, 3.63) is 77.7 Å². The van der Waals surface area contributed by atoms with Gasteiger partial charge in [0.15, 0.2) is 5.76 Å². The number of rotatable bonds is 6. The molecule has 0 spiro atoms. The summed E-state index contributed by atoms with van der Waals surface area (Å²) in [6.45, 7) is 2.84. The third-order valence-electron chi connectivity index (χ3n) is 5.06. The average Bonchev–Trinajstić information content (AvgIpc) is 3.35. The maximum absolute atomic E-state index is 13.1. The Hall–Kier alpha value is -3.47. The lowest BCUT2D eigenvalue weighted by atomic mass is 10.1. The van der Waals surface area contributed by atoms with E-state index in [9.17, 15) is 18.0 Å². The SMILES string of the molecule is Cc1ccc(C(=O)Oc2cccc(NC(=O)c3ccco3)c2)cc1S(=O)(=O)N1CCOCC1. The number of hydrogen-bond donors (Lipinski definition) is 1. The molecule has 0 aliphatic carbocycles. The fourth-order valence-electron chi connectivity index (χ4n) is 3.33. The highest BCUT2D eigenvalue weighted by Crippen LogP contribution is 2.24. The zero-order chi connectivity index (χ0) is 23.4. The number of hydrogen-bond acceptors (Lipinski definition) is 7. The number of benzene rings is 2. The van der Waals surface area contributed by atoms with Crippen LogP contribution >= 0.6 is 0 Å². The van der Waals surface area contributed by atoms with Crippen molar-refractivity contribution in [2.75, 3.05) is 31.6 Å². The van der Waals surface area contributed by atoms with Gasteiger partial charge in [0.25, 0.3) is 5.91 Å². The van der Waals surface area contributed by atoms with E-state index in [4.69, 9.17) is 13.9 Å². The Labute approximate surface area is 191 Å². The molecule has 0 bridgehead atoms. The van der Waals surface area contributed by atoms with Gasteiger partial charge in [0.2, 0.25) is 10.0 Å². The van der Waals surface area contributed by atoms with Crippen LogP contribution in [0.3, 0.4) is 0 Å². The number of morpholine rings is 1. The zero-order valence-corrected chi connectivity index (χ0v) is 18.6. The highest BCUT2D eigenvalue weighted by molar-refractivity contribution is 7.89. The molecule has 172 valence electrons. The van der Waals surface area contributed by atoms with Crippen LogP contribution in [0.2, 0.25) is 0 Å². The Bertz CT molecular complexity index is 1260. The fourth-order valence-corrected chi connectivity index (χ4v) is 4.99. The van der Waals surface area contributed by atoms with E-state index in [1.807, 2.05) is 0 Å². The van der Waals surface area contributed by atoms with Crippen LogP contribution in [0.4, 0.5) is 5.69 Å². The Morgan fingerprint density at radius 2 is 1.82 bits per heavy atom. The van der Waals surface area contributed by atoms with Gasteiger partial charge in [-0.25, -0.2) is 13.2 Å². The van der Waals surface area contributed by atoms with Crippen molar-refractivity contribution in [1.29, 1.82) is 0 Å². The molecule has 33 heavy (non-hydrogen) atoms. The lowest BCUT2D eigenvalue weighted by Crippen LogP contribution is -2.40. The van der Waals surface area contributed by atoms with Gasteiger partial charge in [-0.2, -0.15) is 4.31 Å². The van der Waals surface area contributed by atoms with Crippen molar-refractivity contribution in [3.8, 4) is 5.75 Å². The van der Waals surface area contributed by atoms with E-state index in [2.05, 4.69) is 5.32 Å². The maximum atomic E-state index is 13.1. The summed E-state index contributed by atoms with van der Waals surface area (Å²) in [6, 6.07) is 13.8. The van der Waals surface area contributed by atoms with E-state index in [0.717, 1.165) is 0 Å². The second kappa shape index (κ2) is 9.57. The topological polar surface area (TPSA) is 115 Å². The molecule has 2 heterocycles. The molecule has 3 aromatic rings. The number of carbonyl (C=O) groups excluding carboxylic acids is 2. The number of esters is 1. The molecule has 1 aliphatic heterocycles. The van der Waals surface area contributed by atoms with Gasteiger partial charge in [-0.15, -0.1) is 0 Å². The van der Waals surface area contributed by atoms with Crippen molar-refractivity contribution >= 4 is 27.6 Å². The van der Waals surface area contributed by atoms with Crippen LogP contribution in [-0.4, -0.2) is 50.9 Å². The van der Waals surface area contributed by atoms with Crippen LogP contribution in [0.25, 0.3) is 0 Å². The first kappa shape index (κ1) is 22.7. The summed E-state index contributed by atoms with van der Waals surface area (Å²) < 4.78 is 43.2. The van der Waals surface area contributed by atoms with E-state index in [1.54, 1.807) is 37.3 Å². The fraction of sp³-hybridized carbons (Fsp3) is 0.217. The molecular formula is C23H22N2O7S. The van der Waals surface area contributed by atoms with Crippen molar-refractivity contribution in [2.24, 2.45) is 0 Å². The van der Waals surface area contributed by atoms with E-state index < -0.39 is 21.9 Å². The predicted molar refractivity (Wildman–Crippen MR) is 119 cm³/mol. The molecule has 0 atom stereocenters. The number of nitrogens with zero attached hydrogens (tertiary/aromatic N) is 1. The van der Waals surface area contributed by atoms with Gasteiger partial charge >= 0.3 is 5.97 Å². The molecule has 10 heteroatoms. The van der Waals surface area contributed by atoms with Gasteiger partial charge in [0.1, 0.15) is 5.75 Å². The van der Waals surface area contributed by atoms with Gasteiger partial charge in [0, 0.05) is 24.8 Å². The van der Waals surface area contributed by atoms with Crippen LogP contribution in [0.15, 0.2) is 70.2 Å². The third kappa shape index (κ3) is 5.14. The summed E-state index contributed by atoms with van der Waals surface area (Å²) in [5.41, 5.74) is 1.03. The molecule has 0 radical (unpaired) electrons. The van der Waals surface area contributed by atoms with Crippen LogP contribution in [-0.2, 0) is 14.8 Å². The van der Waals surface area contributed by atoms with Crippen LogP contribution in [0, 0.1) is 6.92 Å². The average molecular weight is 471 g/mol. The summed E-state index contributed by atoms with van der Waals surface area (Å²) >= 11 is 0. The van der Waals surface area contributed by atoms with Gasteiger partial charge in [-0.3, -0.25) is 4.79 Å². The molecular weight excluding hydrogens is 448 g/mol. The highest BCUT2D eigenvalue weighted by atomic mass is 32.2. The second-order valence-corrected chi connectivity index (χ2v) is 9.25. The third-order valence-corrected chi connectivity index (χ3v) is 7.10. The lowest BCUT2D eigenvalue weighted by Gasteiger charge is -2.26. The van der Waals surface area contributed by atoms with Gasteiger partial charge in [0.05, 0.1) is 29.9 Å². The summed E-state index contributed by atoms with van der Waals surface area (Å²) in [4.78, 5) is 24.9. The smallest absolute Gasteiger partial charge is 0.343 e. The lowest BCUT2D eigenvalue weighted by molar-refractivity contribution is 0.0727. The zero-order valence-electron chi connectivity index (χ0n) is 17.8. The normalized spacial score (nSPS) is 14.6. The quantitative estimate of drug-likeness (QED) is 0.435. The summed E-state index contributed by atoms with van der Waals surface area (Å²) in [5.74, 6) is -0.829. The first-order chi connectivity index (χ1) is 15.8. The number of amides is 1. The Kier molecular flexibility index (Phi) is 6.59. The van der Waals surface area contributed by atoms with Crippen molar-refractivity contribution in [1.82, 2.24) is 4.31 Å². The van der Waals surface area contributed by atoms with E-state index in [1.165, 1.54) is 34.8 Å². The maximum Gasteiger partial charge on any atom is 0.343 e. The highest BCUT2D eigenvalue weighted by Gasteiger charge is 2.28. The molecule has 9 nitrogen and oxygen atoms in total. The minimum Gasteiger partial charge on any atom is -0.459 e. The van der Waals surface area contributed by atoms with E-state index in [0.29, 0.717) is 24.5 Å². The Balaban J connectivity index is 1.51.